The first-order valence-corrected chi connectivity index (χ1v) is 4.77. The Labute approximate surface area is 88.4 Å². The number of halogens is 2. The maximum absolute atomic E-state index is 12.8. The molecular formula is C11H13ClFN. The van der Waals surface area contributed by atoms with Gasteiger partial charge in [0.2, 0.25) is 0 Å². The Bertz CT molecular complexity index is 358. The van der Waals surface area contributed by atoms with E-state index in [4.69, 9.17) is 17.3 Å². The van der Waals surface area contributed by atoms with Gasteiger partial charge in [-0.2, -0.15) is 0 Å². The molecule has 1 rings (SSSR count). The van der Waals surface area contributed by atoms with E-state index in [0.717, 1.165) is 11.1 Å². The molecule has 0 saturated carbocycles. The van der Waals surface area contributed by atoms with E-state index in [1.165, 1.54) is 6.07 Å². The van der Waals surface area contributed by atoms with Crippen molar-refractivity contribution in [2.24, 2.45) is 5.73 Å². The van der Waals surface area contributed by atoms with E-state index in [1.807, 2.05) is 19.9 Å². The van der Waals surface area contributed by atoms with Crippen LogP contribution in [0.2, 0.25) is 5.02 Å². The first-order chi connectivity index (χ1) is 6.50. The minimum absolute atomic E-state index is 0.00108. The normalized spacial score (nSPS) is 14.2. The Morgan fingerprint density at radius 2 is 2.21 bits per heavy atom. The number of nitrogens with two attached hydrogens (primary N) is 1. The van der Waals surface area contributed by atoms with Crippen molar-refractivity contribution in [3.8, 4) is 0 Å². The molecule has 0 saturated heterocycles. The number of rotatable bonds is 2. The Balaban J connectivity index is 2.98. The summed E-state index contributed by atoms with van der Waals surface area (Å²) in [6.45, 7) is 3.83. The van der Waals surface area contributed by atoms with E-state index < -0.39 is 5.82 Å². The largest absolute Gasteiger partial charge is 0.324 e. The fourth-order valence-electron chi connectivity index (χ4n) is 0.996. The molecule has 0 radical (unpaired) electrons. The molecule has 2 N–H and O–H groups in total. The van der Waals surface area contributed by atoms with Crippen molar-refractivity contribution in [3.63, 3.8) is 0 Å². The van der Waals surface area contributed by atoms with Crippen LogP contribution in [0.25, 0.3) is 6.08 Å². The van der Waals surface area contributed by atoms with Crippen molar-refractivity contribution in [3.05, 3.63) is 40.2 Å². The van der Waals surface area contributed by atoms with E-state index in [9.17, 15) is 4.39 Å². The highest BCUT2D eigenvalue weighted by Gasteiger charge is 2.00. The summed E-state index contributed by atoms with van der Waals surface area (Å²) < 4.78 is 12.8. The van der Waals surface area contributed by atoms with Gasteiger partial charge in [-0.25, -0.2) is 4.39 Å². The third-order valence-electron chi connectivity index (χ3n) is 2.06. The first kappa shape index (κ1) is 11.2. The van der Waals surface area contributed by atoms with Crippen molar-refractivity contribution in [2.45, 2.75) is 19.9 Å². The predicted octanol–water partition coefficient (Wildman–Crippen LogP) is 3.23. The third kappa shape index (κ3) is 2.82. The summed E-state index contributed by atoms with van der Waals surface area (Å²) in [7, 11) is 0. The molecule has 0 heterocycles. The third-order valence-corrected chi connectivity index (χ3v) is 2.35. The zero-order valence-electron chi connectivity index (χ0n) is 8.22. The highest BCUT2D eigenvalue weighted by Crippen LogP contribution is 2.18. The topological polar surface area (TPSA) is 26.0 Å². The summed E-state index contributed by atoms with van der Waals surface area (Å²) in [5, 5.41) is 0.135. The summed E-state index contributed by atoms with van der Waals surface area (Å²) in [6.07, 6.45) is 1.90. The molecule has 3 heteroatoms. The second-order valence-corrected chi connectivity index (χ2v) is 3.76. The molecule has 0 spiro atoms. The average molecular weight is 214 g/mol. The first-order valence-electron chi connectivity index (χ1n) is 4.39. The fraction of sp³-hybridized carbons (Fsp3) is 0.273. The molecule has 0 aliphatic heterocycles. The molecule has 1 aromatic carbocycles. The van der Waals surface area contributed by atoms with Crippen LogP contribution < -0.4 is 5.73 Å². The highest BCUT2D eigenvalue weighted by atomic mass is 35.5. The van der Waals surface area contributed by atoms with Gasteiger partial charge in [-0.1, -0.05) is 29.3 Å². The van der Waals surface area contributed by atoms with Crippen LogP contribution in [0.3, 0.4) is 0 Å². The van der Waals surface area contributed by atoms with Gasteiger partial charge in [0, 0.05) is 6.04 Å². The smallest absolute Gasteiger partial charge is 0.141 e. The maximum Gasteiger partial charge on any atom is 0.141 e. The summed E-state index contributed by atoms with van der Waals surface area (Å²) in [5.74, 6) is -0.401. The van der Waals surface area contributed by atoms with Gasteiger partial charge in [-0.3, -0.25) is 0 Å². The highest BCUT2D eigenvalue weighted by molar-refractivity contribution is 6.30. The minimum Gasteiger partial charge on any atom is -0.324 e. The van der Waals surface area contributed by atoms with Crippen molar-refractivity contribution in [1.82, 2.24) is 0 Å². The summed E-state index contributed by atoms with van der Waals surface area (Å²) in [4.78, 5) is 0. The van der Waals surface area contributed by atoms with Crippen LogP contribution >= 0.6 is 11.6 Å². The van der Waals surface area contributed by atoms with Gasteiger partial charge in [0.25, 0.3) is 0 Å². The summed E-state index contributed by atoms with van der Waals surface area (Å²) >= 11 is 5.64. The standard InChI is InChI=1S/C11H13ClFN/c1-7(8(2)14)5-9-3-4-11(13)10(12)6-9/h3-6,8H,14H2,1-2H3/b7-5+. The van der Waals surface area contributed by atoms with Gasteiger partial charge in [0.05, 0.1) is 5.02 Å². The molecular weight excluding hydrogens is 201 g/mol. The van der Waals surface area contributed by atoms with Crippen molar-refractivity contribution >= 4 is 17.7 Å². The van der Waals surface area contributed by atoms with E-state index in [-0.39, 0.29) is 11.1 Å². The van der Waals surface area contributed by atoms with Crippen molar-refractivity contribution < 1.29 is 4.39 Å². The van der Waals surface area contributed by atoms with Crippen LogP contribution in [0.4, 0.5) is 4.39 Å². The Morgan fingerprint density at radius 3 is 2.71 bits per heavy atom. The molecule has 0 aromatic heterocycles. The van der Waals surface area contributed by atoms with E-state index in [2.05, 4.69) is 0 Å². The van der Waals surface area contributed by atoms with Crippen LogP contribution in [-0.4, -0.2) is 6.04 Å². The van der Waals surface area contributed by atoms with Crippen molar-refractivity contribution in [2.75, 3.05) is 0 Å². The van der Waals surface area contributed by atoms with Crippen LogP contribution in [0.15, 0.2) is 23.8 Å². The Kier molecular flexibility index (Phi) is 3.67. The number of benzene rings is 1. The molecule has 0 bridgehead atoms. The minimum atomic E-state index is -0.401. The van der Waals surface area contributed by atoms with Crippen molar-refractivity contribution in [1.29, 1.82) is 0 Å². The molecule has 1 atom stereocenters. The molecule has 76 valence electrons. The van der Waals surface area contributed by atoms with E-state index in [0.29, 0.717) is 0 Å². The van der Waals surface area contributed by atoms with E-state index >= 15 is 0 Å². The summed E-state index contributed by atoms with van der Waals surface area (Å²) in [5.41, 5.74) is 7.58. The average Bonchev–Trinajstić information content (AvgIpc) is 2.11. The van der Waals surface area contributed by atoms with Gasteiger partial charge in [0.1, 0.15) is 5.82 Å². The molecule has 0 aliphatic carbocycles. The Hall–Kier alpha value is -0.860. The number of hydrogen-bond acceptors (Lipinski definition) is 1. The lowest BCUT2D eigenvalue weighted by atomic mass is 10.1. The summed E-state index contributed by atoms with van der Waals surface area (Å²) in [6, 6.07) is 4.61. The lowest BCUT2D eigenvalue weighted by Crippen LogP contribution is -2.15. The van der Waals surface area contributed by atoms with Gasteiger partial charge in [-0.05, 0) is 31.5 Å². The SMILES string of the molecule is C/C(=C\c1ccc(F)c(Cl)c1)C(C)N. The monoisotopic (exact) mass is 213 g/mol. The second kappa shape index (κ2) is 4.58. The molecule has 1 unspecified atom stereocenters. The molecule has 1 nitrogen and oxygen atoms in total. The lowest BCUT2D eigenvalue weighted by molar-refractivity contribution is 0.628. The van der Waals surface area contributed by atoms with Gasteiger partial charge in [0.15, 0.2) is 0 Å². The zero-order chi connectivity index (χ0) is 10.7. The van der Waals surface area contributed by atoms with Crippen LogP contribution in [0.5, 0.6) is 0 Å². The maximum atomic E-state index is 12.8. The molecule has 1 aromatic rings. The second-order valence-electron chi connectivity index (χ2n) is 3.35. The fourth-order valence-corrected chi connectivity index (χ4v) is 1.19. The molecule has 14 heavy (non-hydrogen) atoms. The van der Waals surface area contributed by atoms with Crippen LogP contribution in [0, 0.1) is 5.82 Å². The number of hydrogen-bond donors (Lipinski definition) is 1. The zero-order valence-corrected chi connectivity index (χ0v) is 8.98. The lowest BCUT2D eigenvalue weighted by Gasteiger charge is -2.05. The van der Waals surface area contributed by atoms with E-state index in [1.54, 1.807) is 12.1 Å². The molecule has 0 amide bonds. The van der Waals surface area contributed by atoms with Crippen LogP contribution in [0.1, 0.15) is 19.4 Å². The molecule has 0 fully saturated rings. The molecule has 0 aliphatic rings. The predicted molar refractivity (Wildman–Crippen MR) is 58.7 cm³/mol. The van der Waals surface area contributed by atoms with Gasteiger partial charge >= 0.3 is 0 Å². The Morgan fingerprint density at radius 1 is 1.57 bits per heavy atom. The van der Waals surface area contributed by atoms with Gasteiger partial charge < -0.3 is 5.73 Å². The van der Waals surface area contributed by atoms with Crippen LogP contribution in [-0.2, 0) is 0 Å². The quantitative estimate of drug-likeness (QED) is 0.802. The van der Waals surface area contributed by atoms with Gasteiger partial charge in [-0.15, -0.1) is 0 Å².